The molecule has 19 heavy (non-hydrogen) atoms. The zero-order valence-electron chi connectivity index (χ0n) is 11.1. The monoisotopic (exact) mass is 283 g/mol. The van der Waals surface area contributed by atoms with Crippen LogP contribution in [-0.2, 0) is 16.6 Å². The molecular weight excluding hydrogens is 262 g/mol. The van der Waals surface area contributed by atoms with E-state index in [-0.39, 0.29) is 6.04 Å². The summed E-state index contributed by atoms with van der Waals surface area (Å²) in [6, 6.07) is 1.85. The molecule has 5 nitrogen and oxygen atoms in total. The quantitative estimate of drug-likeness (QED) is 0.760. The van der Waals surface area contributed by atoms with Crippen molar-refractivity contribution < 1.29 is 8.42 Å². The van der Waals surface area contributed by atoms with E-state index in [0.717, 1.165) is 18.0 Å². The van der Waals surface area contributed by atoms with Gasteiger partial charge in [-0.3, -0.25) is 0 Å². The summed E-state index contributed by atoms with van der Waals surface area (Å²) in [4.78, 5) is 3.34. The fourth-order valence-corrected chi connectivity index (χ4v) is 4.86. The van der Waals surface area contributed by atoms with Gasteiger partial charge in [0.05, 0.1) is 4.90 Å². The first-order chi connectivity index (χ1) is 9.08. The SMILES string of the molecule is CNCc1cc(S(=O)(=O)NC2CC3CCC2C3)c[nH]1. The fraction of sp³-hybridized carbons (Fsp3) is 0.692. The van der Waals surface area contributed by atoms with Crippen LogP contribution >= 0.6 is 0 Å². The second-order valence-electron chi connectivity index (χ2n) is 5.79. The normalized spacial score (nSPS) is 30.1. The Balaban J connectivity index is 1.71. The Hall–Kier alpha value is -0.850. The number of nitrogens with one attached hydrogen (secondary N) is 3. The van der Waals surface area contributed by atoms with Gasteiger partial charge in [-0.25, -0.2) is 13.1 Å². The minimum absolute atomic E-state index is 0.145. The summed E-state index contributed by atoms with van der Waals surface area (Å²) >= 11 is 0. The van der Waals surface area contributed by atoms with Gasteiger partial charge in [0.2, 0.25) is 10.0 Å². The highest BCUT2D eigenvalue weighted by molar-refractivity contribution is 7.89. The van der Waals surface area contributed by atoms with Gasteiger partial charge in [-0.15, -0.1) is 0 Å². The first-order valence-electron chi connectivity index (χ1n) is 6.92. The van der Waals surface area contributed by atoms with E-state index in [2.05, 4.69) is 15.0 Å². The third-order valence-corrected chi connectivity index (χ3v) is 5.91. The molecule has 0 spiro atoms. The van der Waals surface area contributed by atoms with Gasteiger partial charge in [-0.1, -0.05) is 6.42 Å². The van der Waals surface area contributed by atoms with Gasteiger partial charge >= 0.3 is 0 Å². The van der Waals surface area contributed by atoms with E-state index in [9.17, 15) is 8.42 Å². The van der Waals surface area contributed by atoms with Crippen molar-refractivity contribution in [3.05, 3.63) is 18.0 Å². The van der Waals surface area contributed by atoms with Gasteiger partial charge in [0.15, 0.2) is 0 Å². The van der Waals surface area contributed by atoms with Crippen molar-refractivity contribution >= 4 is 10.0 Å². The van der Waals surface area contributed by atoms with Crippen LogP contribution in [0, 0.1) is 11.8 Å². The zero-order chi connectivity index (χ0) is 13.5. The van der Waals surface area contributed by atoms with E-state index in [0.29, 0.717) is 17.4 Å². The Morgan fingerprint density at radius 2 is 2.21 bits per heavy atom. The number of hydrogen-bond acceptors (Lipinski definition) is 3. The second kappa shape index (κ2) is 4.92. The largest absolute Gasteiger partial charge is 0.363 e. The molecule has 0 aromatic carbocycles. The van der Waals surface area contributed by atoms with Crippen molar-refractivity contribution in [3.8, 4) is 0 Å². The van der Waals surface area contributed by atoms with Gasteiger partial charge in [0, 0.05) is 24.5 Å². The Morgan fingerprint density at radius 1 is 1.37 bits per heavy atom. The minimum atomic E-state index is -3.37. The van der Waals surface area contributed by atoms with Crippen molar-refractivity contribution in [2.75, 3.05) is 7.05 Å². The molecule has 2 aliphatic rings. The van der Waals surface area contributed by atoms with Crippen LogP contribution in [0.3, 0.4) is 0 Å². The fourth-order valence-electron chi connectivity index (χ4n) is 3.52. The molecule has 3 N–H and O–H groups in total. The highest BCUT2D eigenvalue weighted by atomic mass is 32.2. The van der Waals surface area contributed by atoms with Gasteiger partial charge < -0.3 is 10.3 Å². The van der Waals surface area contributed by atoms with Crippen molar-refractivity contribution in [1.29, 1.82) is 0 Å². The van der Waals surface area contributed by atoms with E-state index in [1.165, 1.54) is 19.3 Å². The molecule has 2 saturated carbocycles. The van der Waals surface area contributed by atoms with Crippen molar-refractivity contribution in [2.45, 2.75) is 43.2 Å². The highest BCUT2D eigenvalue weighted by Crippen LogP contribution is 2.44. The van der Waals surface area contributed by atoms with E-state index in [1.54, 1.807) is 12.3 Å². The Bertz CT molecular complexity index is 552. The topological polar surface area (TPSA) is 74.0 Å². The van der Waals surface area contributed by atoms with E-state index in [1.807, 2.05) is 7.05 Å². The van der Waals surface area contributed by atoms with Crippen molar-refractivity contribution in [2.24, 2.45) is 11.8 Å². The molecule has 1 heterocycles. The molecule has 0 amide bonds. The molecule has 0 radical (unpaired) electrons. The maximum Gasteiger partial charge on any atom is 0.242 e. The Kier molecular flexibility index (Phi) is 3.41. The average molecular weight is 283 g/mol. The van der Waals surface area contributed by atoms with Crippen LogP contribution in [0.1, 0.15) is 31.4 Å². The number of fused-ring (bicyclic) bond motifs is 2. The number of sulfonamides is 1. The lowest BCUT2D eigenvalue weighted by molar-refractivity contribution is 0.390. The third kappa shape index (κ3) is 2.57. The average Bonchev–Trinajstić information content (AvgIpc) is 3.03. The van der Waals surface area contributed by atoms with Crippen LogP contribution in [0.25, 0.3) is 0 Å². The molecule has 2 fully saturated rings. The van der Waals surface area contributed by atoms with Crippen LogP contribution in [0.5, 0.6) is 0 Å². The zero-order valence-corrected chi connectivity index (χ0v) is 12.0. The van der Waals surface area contributed by atoms with E-state index < -0.39 is 10.0 Å². The first-order valence-corrected chi connectivity index (χ1v) is 8.41. The van der Waals surface area contributed by atoms with Gasteiger partial charge in [-0.2, -0.15) is 0 Å². The molecule has 3 unspecified atom stereocenters. The number of hydrogen-bond donors (Lipinski definition) is 3. The summed E-state index contributed by atoms with van der Waals surface area (Å²) in [5.74, 6) is 1.29. The molecule has 0 saturated heterocycles. The van der Waals surface area contributed by atoms with Crippen LogP contribution in [-0.4, -0.2) is 26.5 Å². The number of aromatic nitrogens is 1. The lowest BCUT2D eigenvalue weighted by Crippen LogP contribution is -2.38. The molecule has 2 aliphatic carbocycles. The van der Waals surface area contributed by atoms with Crippen LogP contribution in [0.4, 0.5) is 0 Å². The van der Waals surface area contributed by atoms with Gasteiger partial charge in [-0.05, 0) is 44.2 Å². The molecule has 3 rings (SSSR count). The van der Waals surface area contributed by atoms with Gasteiger partial charge in [0.1, 0.15) is 0 Å². The molecule has 1 aromatic rings. The summed E-state index contributed by atoms with van der Waals surface area (Å²) in [5, 5.41) is 3.00. The van der Waals surface area contributed by atoms with Crippen molar-refractivity contribution in [3.63, 3.8) is 0 Å². The molecule has 1 aromatic heterocycles. The first kappa shape index (κ1) is 13.1. The summed E-state index contributed by atoms with van der Waals surface area (Å²) in [6.07, 6.45) is 6.24. The Labute approximate surface area is 114 Å². The summed E-state index contributed by atoms with van der Waals surface area (Å²) in [6.45, 7) is 0.643. The number of H-pyrrole nitrogens is 1. The molecular formula is C13H21N3O2S. The maximum atomic E-state index is 12.3. The van der Waals surface area contributed by atoms with E-state index >= 15 is 0 Å². The summed E-state index contributed by atoms with van der Waals surface area (Å²) in [5.41, 5.74) is 0.885. The van der Waals surface area contributed by atoms with Crippen molar-refractivity contribution in [1.82, 2.24) is 15.0 Å². The molecule has 6 heteroatoms. The third-order valence-electron chi connectivity index (χ3n) is 4.44. The predicted molar refractivity (Wildman–Crippen MR) is 73.1 cm³/mol. The smallest absolute Gasteiger partial charge is 0.242 e. The van der Waals surface area contributed by atoms with Gasteiger partial charge in [0.25, 0.3) is 0 Å². The van der Waals surface area contributed by atoms with Crippen LogP contribution < -0.4 is 10.0 Å². The predicted octanol–water partition coefficient (Wildman–Crippen LogP) is 1.20. The maximum absolute atomic E-state index is 12.3. The molecule has 0 aliphatic heterocycles. The molecule has 106 valence electrons. The Morgan fingerprint density at radius 3 is 2.84 bits per heavy atom. The second-order valence-corrected chi connectivity index (χ2v) is 7.51. The van der Waals surface area contributed by atoms with Crippen LogP contribution in [0.15, 0.2) is 17.2 Å². The standard InChI is InChI=1S/C13H21N3O2S/c1-14-7-11-6-12(8-15-11)19(17,18)16-13-5-9-2-3-10(13)4-9/h6,8-10,13-16H,2-5,7H2,1H3. The molecule has 3 atom stereocenters. The minimum Gasteiger partial charge on any atom is -0.363 e. The van der Waals surface area contributed by atoms with Crippen LogP contribution in [0.2, 0.25) is 0 Å². The summed E-state index contributed by atoms with van der Waals surface area (Å²) in [7, 11) is -1.54. The highest BCUT2D eigenvalue weighted by Gasteiger charge is 2.41. The number of aromatic amines is 1. The molecule has 2 bridgehead atoms. The number of rotatable bonds is 5. The lowest BCUT2D eigenvalue weighted by atomic mass is 9.96. The summed E-state index contributed by atoms with van der Waals surface area (Å²) < 4.78 is 27.6. The lowest BCUT2D eigenvalue weighted by Gasteiger charge is -2.22. The van der Waals surface area contributed by atoms with E-state index in [4.69, 9.17) is 0 Å².